The van der Waals surface area contributed by atoms with E-state index in [-0.39, 0.29) is 11.8 Å². The molecule has 0 aliphatic heterocycles. The van der Waals surface area contributed by atoms with Gasteiger partial charge in [0.15, 0.2) is 0 Å². The highest BCUT2D eigenvalue weighted by atomic mass is 16.3. The maximum absolute atomic E-state index is 9.02. The molecular weight excluding hydrogens is 140 g/mol. The number of aromatic amines is 1. The summed E-state index contributed by atoms with van der Waals surface area (Å²) in [5, 5.41) is 9.02. The average molecular weight is 152 g/mol. The van der Waals surface area contributed by atoms with Crippen molar-refractivity contribution in [3.63, 3.8) is 0 Å². The number of H-pyrrole nitrogens is 1. The van der Waals surface area contributed by atoms with Crippen LogP contribution in [-0.2, 0) is 0 Å². The Hall–Kier alpha value is -0.960. The van der Waals surface area contributed by atoms with Crippen LogP contribution in [0.3, 0.4) is 0 Å². The average Bonchev–Trinajstić information content (AvgIpc) is 2.74. The van der Waals surface area contributed by atoms with Gasteiger partial charge in [-0.1, -0.05) is 0 Å². The number of aromatic nitrogens is 1. The quantitative estimate of drug-likeness (QED) is 0.594. The molecule has 0 radical (unpaired) electrons. The minimum absolute atomic E-state index is 0.0934. The lowest BCUT2D eigenvalue weighted by Gasteiger charge is -2.05. The molecule has 0 aromatic carbocycles. The van der Waals surface area contributed by atoms with Gasteiger partial charge in [-0.05, 0) is 18.8 Å². The smallest absolute Gasteiger partial charge is 0.133 e. The van der Waals surface area contributed by atoms with Crippen LogP contribution in [0.1, 0.15) is 24.6 Å². The molecule has 0 amide bonds. The second-order valence-electron chi connectivity index (χ2n) is 3.18. The number of hydrogen-bond donors (Lipinski definition) is 3. The van der Waals surface area contributed by atoms with Crippen LogP contribution in [0.5, 0.6) is 5.75 Å². The second-order valence-corrected chi connectivity index (χ2v) is 3.18. The molecule has 1 aromatic rings. The molecule has 0 spiro atoms. The summed E-state index contributed by atoms with van der Waals surface area (Å²) in [6.45, 7) is 0. The maximum Gasteiger partial charge on any atom is 0.133 e. The van der Waals surface area contributed by atoms with Crippen LogP contribution in [0.25, 0.3) is 0 Å². The van der Waals surface area contributed by atoms with E-state index in [0.717, 1.165) is 5.69 Å². The molecule has 1 fully saturated rings. The number of hydrogen-bond acceptors (Lipinski definition) is 2. The van der Waals surface area contributed by atoms with E-state index < -0.39 is 0 Å². The molecule has 1 aromatic heterocycles. The molecule has 1 aliphatic rings. The Bertz CT molecular complexity index is 252. The van der Waals surface area contributed by atoms with Crippen molar-refractivity contribution in [1.82, 2.24) is 4.98 Å². The van der Waals surface area contributed by atoms with Gasteiger partial charge in [0.25, 0.3) is 0 Å². The fraction of sp³-hybridized carbons (Fsp3) is 0.500. The van der Waals surface area contributed by atoms with Crippen LogP contribution in [0.2, 0.25) is 0 Å². The van der Waals surface area contributed by atoms with Gasteiger partial charge in [-0.3, -0.25) is 0 Å². The van der Waals surface area contributed by atoms with E-state index in [9.17, 15) is 0 Å². The van der Waals surface area contributed by atoms with Gasteiger partial charge in [0.05, 0.1) is 0 Å². The zero-order valence-electron chi connectivity index (χ0n) is 6.25. The molecule has 0 saturated heterocycles. The van der Waals surface area contributed by atoms with Gasteiger partial charge < -0.3 is 15.8 Å². The SMILES string of the molecule is NC(c1cc(O)c[nH]1)C1CC1. The van der Waals surface area contributed by atoms with Gasteiger partial charge in [0, 0.05) is 24.0 Å². The molecule has 1 heterocycles. The molecule has 60 valence electrons. The Kier molecular flexibility index (Phi) is 1.39. The summed E-state index contributed by atoms with van der Waals surface area (Å²) in [7, 11) is 0. The predicted octanol–water partition coefficient (Wildman–Crippen LogP) is 1.13. The molecule has 11 heavy (non-hydrogen) atoms. The van der Waals surface area contributed by atoms with E-state index in [1.54, 1.807) is 12.3 Å². The second kappa shape index (κ2) is 2.27. The first-order valence-corrected chi connectivity index (χ1v) is 3.90. The molecular formula is C8H12N2O. The monoisotopic (exact) mass is 152 g/mol. The Morgan fingerprint density at radius 3 is 2.82 bits per heavy atom. The topological polar surface area (TPSA) is 62.0 Å². The first-order valence-electron chi connectivity index (χ1n) is 3.90. The molecule has 3 nitrogen and oxygen atoms in total. The normalized spacial score (nSPS) is 20.1. The Labute approximate surface area is 65.2 Å². The van der Waals surface area contributed by atoms with E-state index >= 15 is 0 Å². The fourth-order valence-electron chi connectivity index (χ4n) is 1.30. The molecule has 1 unspecified atom stereocenters. The van der Waals surface area contributed by atoms with Crippen LogP contribution in [0.4, 0.5) is 0 Å². The van der Waals surface area contributed by atoms with Crippen molar-refractivity contribution in [3.05, 3.63) is 18.0 Å². The van der Waals surface area contributed by atoms with E-state index in [1.165, 1.54) is 12.8 Å². The zero-order chi connectivity index (χ0) is 7.84. The minimum atomic E-state index is 0.0934. The van der Waals surface area contributed by atoms with E-state index in [2.05, 4.69) is 4.98 Å². The van der Waals surface area contributed by atoms with Gasteiger partial charge >= 0.3 is 0 Å². The molecule has 4 N–H and O–H groups in total. The van der Waals surface area contributed by atoms with Crippen molar-refractivity contribution in [3.8, 4) is 5.75 Å². The van der Waals surface area contributed by atoms with Crippen LogP contribution >= 0.6 is 0 Å². The summed E-state index contributed by atoms with van der Waals surface area (Å²) in [4.78, 5) is 2.95. The third-order valence-corrected chi connectivity index (χ3v) is 2.18. The highest BCUT2D eigenvalue weighted by Crippen LogP contribution is 2.39. The van der Waals surface area contributed by atoms with Gasteiger partial charge in [-0.25, -0.2) is 0 Å². The molecule has 0 bridgehead atoms. The van der Waals surface area contributed by atoms with Crippen molar-refractivity contribution in [2.75, 3.05) is 0 Å². The highest BCUT2D eigenvalue weighted by Gasteiger charge is 2.30. The Balaban J connectivity index is 2.14. The summed E-state index contributed by atoms with van der Waals surface area (Å²) in [5.41, 5.74) is 6.82. The summed E-state index contributed by atoms with van der Waals surface area (Å²) in [6.07, 6.45) is 4.01. The van der Waals surface area contributed by atoms with Gasteiger partial charge in [-0.2, -0.15) is 0 Å². The molecule has 2 rings (SSSR count). The molecule has 1 aliphatic carbocycles. The summed E-state index contributed by atoms with van der Waals surface area (Å²) in [5.74, 6) is 0.907. The fourth-order valence-corrected chi connectivity index (χ4v) is 1.30. The Morgan fingerprint density at radius 1 is 1.64 bits per heavy atom. The van der Waals surface area contributed by atoms with Crippen molar-refractivity contribution >= 4 is 0 Å². The van der Waals surface area contributed by atoms with E-state index in [1.807, 2.05) is 0 Å². The van der Waals surface area contributed by atoms with Crippen molar-refractivity contribution in [2.45, 2.75) is 18.9 Å². The highest BCUT2D eigenvalue weighted by molar-refractivity contribution is 5.24. The third-order valence-electron chi connectivity index (χ3n) is 2.18. The summed E-state index contributed by atoms with van der Waals surface area (Å²) < 4.78 is 0. The minimum Gasteiger partial charge on any atom is -0.506 e. The van der Waals surface area contributed by atoms with Crippen LogP contribution < -0.4 is 5.73 Å². The lowest BCUT2D eigenvalue weighted by atomic mass is 10.1. The predicted molar refractivity (Wildman–Crippen MR) is 42.1 cm³/mol. The first-order chi connectivity index (χ1) is 5.27. The number of nitrogens with two attached hydrogens (primary N) is 1. The third kappa shape index (κ3) is 1.24. The van der Waals surface area contributed by atoms with Gasteiger partial charge in [0.2, 0.25) is 0 Å². The van der Waals surface area contributed by atoms with Crippen molar-refractivity contribution < 1.29 is 5.11 Å². The van der Waals surface area contributed by atoms with Gasteiger partial charge in [0.1, 0.15) is 5.75 Å². The van der Waals surface area contributed by atoms with Crippen LogP contribution in [-0.4, -0.2) is 10.1 Å². The maximum atomic E-state index is 9.02. The van der Waals surface area contributed by atoms with Crippen LogP contribution in [0.15, 0.2) is 12.3 Å². The standard InChI is InChI=1S/C8H12N2O/c9-8(5-1-2-5)7-3-6(11)4-10-7/h3-5,8,10-11H,1-2,9H2. The van der Waals surface area contributed by atoms with Gasteiger partial charge in [-0.15, -0.1) is 0 Å². The van der Waals surface area contributed by atoms with Crippen LogP contribution in [0, 0.1) is 5.92 Å². The number of nitrogens with one attached hydrogen (secondary N) is 1. The largest absolute Gasteiger partial charge is 0.506 e. The Morgan fingerprint density at radius 2 is 2.36 bits per heavy atom. The molecule has 1 saturated carbocycles. The number of rotatable bonds is 2. The van der Waals surface area contributed by atoms with Crippen molar-refractivity contribution in [1.29, 1.82) is 0 Å². The van der Waals surface area contributed by atoms with E-state index in [0.29, 0.717) is 5.92 Å². The lowest BCUT2D eigenvalue weighted by Crippen LogP contribution is -2.12. The molecule has 3 heteroatoms. The summed E-state index contributed by atoms with van der Waals surface area (Å²) in [6, 6.07) is 1.79. The molecule has 1 atom stereocenters. The lowest BCUT2D eigenvalue weighted by molar-refractivity contribution is 0.475. The first kappa shape index (κ1) is 6.73. The number of aromatic hydroxyl groups is 1. The zero-order valence-corrected chi connectivity index (χ0v) is 6.25. The van der Waals surface area contributed by atoms with Crippen molar-refractivity contribution in [2.24, 2.45) is 11.7 Å². The summed E-state index contributed by atoms with van der Waals surface area (Å²) >= 11 is 0. The van der Waals surface area contributed by atoms with E-state index in [4.69, 9.17) is 10.8 Å².